The number of carbonyl (C=O) groups is 2. The number of nitrogens with zero attached hydrogens (tertiary/aromatic N) is 2. The van der Waals surface area contributed by atoms with E-state index in [9.17, 15) is 28.0 Å². The third-order valence-corrected chi connectivity index (χ3v) is 11.6. The first kappa shape index (κ1) is 43.2. The van der Waals surface area contributed by atoms with E-state index in [0.29, 0.717) is 25.9 Å². The monoisotopic (exact) mass is 826 g/mol. The molecule has 0 N–H and O–H groups in total. The molecule has 0 radical (unpaired) electrons. The highest BCUT2D eigenvalue weighted by molar-refractivity contribution is 6.22. The van der Waals surface area contributed by atoms with Crippen LogP contribution in [0.25, 0.3) is 0 Å². The molecule has 60 heavy (non-hydrogen) atoms. The Labute approximate surface area is 348 Å². The SMILES string of the molecule is CC1C(=O)N(c2ccc(C#N)c(C(F)(F)F)c2)C(=O)C1C1(C)CC(O[C@@H]2CC(OCc3ccccc3)[C@H](OCc3ccccc3)C(COCc3ccccc3)O2)C(C)(C)O1. The molecule has 0 bridgehead atoms. The number of hydrogen-bond donors (Lipinski definition) is 0. The molecule has 0 spiro atoms. The highest BCUT2D eigenvalue weighted by Gasteiger charge is 2.62. The molecule has 3 aliphatic rings. The number of nitriles is 1. The third-order valence-electron chi connectivity index (χ3n) is 11.6. The molecule has 0 saturated carbocycles. The topological polar surface area (TPSA) is 117 Å². The molecule has 4 aromatic rings. The maximum Gasteiger partial charge on any atom is 0.417 e. The van der Waals surface area contributed by atoms with Gasteiger partial charge in [-0.3, -0.25) is 9.59 Å². The molecule has 10 nitrogen and oxygen atoms in total. The van der Waals surface area contributed by atoms with Crippen LogP contribution >= 0.6 is 0 Å². The second-order valence-corrected chi connectivity index (χ2v) is 16.4. The molecule has 3 saturated heterocycles. The van der Waals surface area contributed by atoms with Crippen LogP contribution in [0.1, 0.15) is 68.4 Å². The second kappa shape index (κ2) is 18.0. The van der Waals surface area contributed by atoms with Gasteiger partial charge in [-0.1, -0.05) is 97.9 Å². The van der Waals surface area contributed by atoms with Gasteiger partial charge < -0.3 is 28.4 Å². The van der Waals surface area contributed by atoms with Gasteiger partial charge in [-0.25, -0.2) is 4.90 Å². The van der Waals surface area contributed by atoms with Crippen molar-refractivity contribution in [2.45, 2.75) is 108 Å². The summed E-state index contributed by atoms with van der Waals surface area (Å²) in [6, 6.07) is 33.8. The van der Waals surface area contributed by atoms with Crippen molar-refractivity contribution in [3.63, 3.8) is 0 Å². The van der Waals surface area contributed by atoms with Crippen LogP contribution in [0.15, 0.2) is 109 Å². The fourth-order valence-electron chi connectivity index (χ4n) is 8.67. The summed E-state index contributed by atoms with van der Waals surface area (Å²) in [6.45, 7) is 8.11. The van der Waals surface area contributed by atoms with Crippen LogP contribution in [0.4, 0.5) is 18.9 Å². The van der Waals surface area contributed by atoms with E-state index in [1.54, 1.807) is 13.8 Å². The number of anilines is 1. The Balaban J connectivity index is 1.12. The van der Waals surface area contributed by atoms with Crippen LogP contribution in [-0.4, -0.2) is 60.3 Å². The van der Waals surface area contributed by atoms with Gasteiger partial charge in [0.15, 0.2) is 6.29 Å². The summed E-state index contributed by atoms with van der Waals surface area (Å²) in [5.41, 5.74) is -1.39. The lowest BCUT2D eigenvalue weighted by molar-refractivity contribution is -0.294. The Morgan fingerprint density at radius 1 is 0.817 bits per heavy atom. The van der Waals surface area contributed by atoms with Crippen molar-refractivity contribution in [2.75, 3.05) is 11.5 Å². The van der Waals surface area contributed by atoms with E-state index >= 15 is 0 Å². The Morgan fingerprint density at radius 3 is 1.98 bits per heavy atom. The number of imide groups is 1. The lowest BCUT2D eigenvalue weighted by Gasteiger charge is -2.42. The molecule has 13 heteroatoms. The molecule has 0 aromatic heterocycles. The molecule has 2 amide bonds. The largest absolute Gasteiger partial charge is 0.417 e. The number of alkyl halides is 3. The van der Waals surface area contributed by atoms with E-state index in [2.05, 4.69) is 0 Å². The first-order valence-corrected chi connectivity index (χ1v) is 20.1. The van der Waals surface area contributed by atoms with Gasteiger partial charge in [-0.05, 0) is 55.7 Å². The van der Waals surface area contributed by atoms with Crippen LogP contribution in [-0.2, 0) is 64.0 Å². The first-order valence-electron chi connectivity index (χ1n) is 20.1. The van der Waals surface area contributed by atoms with Gasteiger partial charge in [0.25, 0.3) is 0 Å². The molecule has 3 aliphatic heterocycles. The lowest BCUT2D eigenvalue weighted by atomic mass is 9.79. The van der Waals surface area contributed by atoms with Gasteiger partial charge in [0, 0.05) is 12.8 Å². The van der Waals surface area contributed by atoms with Crippen molar-refractivity contribution < 1.29 is 51.2 Å². The summed E-state index contributed by atoms with van der Waals surface area (Å²) in [7, 11) is 0. The average molecular weight is 827 g/mol. The minimum Gasteiger partial charge on any atom is -0.374 e. The summed E-state index contributed by atoms with van der Waals surface area (Å²) in [5, 5.41) is 9.31. The van der Waals surface area contributed by atoms with Crippen LogP contribution in [0, 0.1) is 23.2 Å². The number of rotatable bonds is 14. The van der Waals surface area contributed by atoms with Gasteiger partial charge >= 0.3 is 6.18 Å². The Hall–Kier alpha value is -4.94. The predicted octanol–water partition coefficient (Wildman–Crippen LogP) is 8.55. The summed E-state index contributed by atoms with van der Waals surface area (Å²) in [4.78, 5) is 28.7. The van der Waals surface area contributed by atoms with Gasteiger partial charge in [-0.2, -0.15) is 18.4 Å². The molecule has 316 valence electrons. The third kappa shape index (κ3) is 9.50. The summed E-state index contributed by atoms with van der Waals surface area (Å²) in [5.74, 6) is -3.34. The normalized spacial score (nSPS) is 27.9. The van der Waals surface area contributed by atoms with E-state index in [1.807, 2.05) is 105 Å². The van der Waals surface area contributed by atoms with Crippen molar-refractivity contribution in [3.8, 4) is 6.07 Å². The highest BCUT2D eigenvalue weighted by atomic mass is 19.4. The van der Waals surface area contributed by atoms with Crippen molar-refractivity contribution in [1.82, 2.24) is 0 Å². The van der Waals surface area contributed by atoms with E-state index in [4.69, 9.17) is 28.4 Å². The van der Waals surface area contributed by atoms with Crippen LogP contribution in [0.5, 0.6) is 0 Å². The van der Waals surface area contributed by atoms with Crippen LogP contribution in [0.3, 0.4) is 0 Å². The molecule has 7 rings (SSSR count). The molecule has 3 fully saturated rings. The van der Waals surface area contributed by atoms with Crippen LogP contribution < -0.4 is 4.90 Å². The smallest absolute Gasteiger partial charge is 0.374 e. The zero-order chi connectivity index (χ0) is 42.7. The van der Waals surface area contributed by atoms with Gasteiger partial charge in [0.2, 0.25) is 11.8 Å². The van der Waals surface area contributed by atoms with Crippen molar-refractivity contribution in [1.29, 1.82) is 5.26 Å². The Morgan fingerprint density at radius 2 is 1.40 bits per heavy atom. The van der Waals surface area contributed by atoms with Gasteiger partial charge in [0.1, 0.15) is 12.2 Å². The average Bonchev–Trinajstić information content (AvgIpc) is 3.61. The standard InChI is InChI=1S/C47H49F3N2O8/c1-30-41(44(54)52(43(30)53)35-21-20-34(25-51)36(22-35)47(48,49)50)46(4)24-39(45(2,3)60-46)59-40-23-37(56-27-32-16-10-6-11-17-32)42(57-28-33-18-12-7-13-19-33)38(58-40)29-55-26-31-14-8-5-9-15-31/h5-22,30,37-42H,23-24,26-29H2,1-4H3/t30?,37?,38?,39?,40-,41?,42+,46?/m1/s1. The van der Waals surface area contributed by atoms with E-state index in [-0.39, 0.29) is 25.1 Å². The molecule has 3 heterocycles. The first-order chi connectivity index (χ1) is 28.7. The number of benzene rings is 4. The molecule has 8 atom stereocenters. The molecular formula is C47H49F3N2O8. The number of amides is 2. The fraction of sp³-hybridized carbons (Fsp3) is 0.426. The van der Waals surface area contributed by atoms with E-state index < -0.39 is 82.9 Å². The maximum absolute atomic E-state index is 14.2. The summed E-state index contributed by atoms with van der Waals surface area (Å²) in [6.07, 6.45) is -7.55. The number of hydrogen-bond acceptors (Lipinski definition) is 9. The zero-order valence-electron chi connectivity index (χ0n) is 34.0. The van der Waals surface area contributed by atoms with Crippen molar-refractivity contribution in [2.24, 2.45) is 11.8 Å². The lowest BCUT2D eigenvalue weighted by Crippen LogP contribution is -2.54. The Bertz CT molecular complexity index is 2150. The van der Waals surface area contributed by atoms with Gasteiger partial charge in [0.05, 0.1) is 84.6 Å². The highest BCUT2D eigenvalue weighted by Crippen LogP contribution is 2.50. The second-order valence-electron chi connectivity index (χ2n) is 16.4. The molecular weight excluding hydrogens is 778 g/mol. The minimum absolute atomic E-state index is 0.166. The predicted molar refractivity (Wildman–Crippen MR) is 214 cm³/mol. The number of halogens is 3. The van der Waals surface area contributed by atoms with Crippen molar-refractivity contribution >= 4 is 17.5 Å². The van der Waals surface area contributed by atoms with Crippen molar-refractivity contribution in [3.05, 3.63) is 137 Å². The van der Waals surface area contributed by atoms with E-state index in [0.717, 1.165) is 27.7 Å². The summed E-state index contributed by atoms with van der Waals surface area (Å²) < 4.78 is 81.3. The van der Waals surface area contributed by atoms with E-state index in [1.165, 1.54) is 12.1 Å². The quantitative estimate of drug-likeness (QED) is 0.115. The maximum atomic E-state index is 14.2. The van der Waals surface area contributed by atoms with Crippen LogP contribution in [0.2, 0.25) is 0 Å². The minimum atomic E-state index is -4.87. The number of carbonyl (C=O) groups excluding carboxylic acids is 2. The molecule has 6 unspecified atom stereocenters. The fourth-order valence-corrected chi connectivity index (χ4v) is 8.67. The Kier molecular flexibility index (Phi) is 12.9. The molecule has 4 aromatic carbocycles. The zero-order valence-corrected chi connectivity index (χ0v) is 34.0. The summed E-state index contributed by atoms with van der Waals surface area (Å²) >= 11 is 0. The molecule has 0 aliphatic carbocycles. The van der Waals surface area contributed by atoms with Gasteiger partial charge in [-0.15, -0.1) is 0 Å². The number of ether oxygens (including phenoxy) is 6.